The van der Waals surface area contributed by atoms with E-state index < -0.39 is 0 Å². The Kier molecular flexibility index (Phi) is 4.05. The van der Waals surface area contributed by atoms with Gasteiger partial charge in [-0.25, -0.2) is 4.98 Å². The van der Waals surface area contributed by atoms with E-state index in [4.69, 9.17) is 4.42 Å². The van der Waals surface area contributed by atoms with Gasteiger partial charge in [-0.15, -0.1) is 5.10 Å². The Balaban J connectivity index is 1.50. The number of rotatable bonds is 3. The molecule has 7 heteroatoms. The highest BCUT2D eigenvalue weighted by molar-refractivity contribution is 6.04. The number of anilines is 1. The number of oxazole rings is 1. The molecular formula is C18H19N5O2. The summed E-state index contributed by atoms with van der Waals surface area (Å²) in [5, 5.41) is 11.2. The summed E-state index contributed by atoms with van der Waals surface area (Å²) in [5.74, 6) is 1.28. The fraction of sp³-hybridized carbons (Fsp3) is 0.333. The van der Waals surface area contributed by atoms with Gasteiger partial charge in [0.05, 0.1) is 5.56 Å². The van der Waals surface area contributed by atoms with Crippen LogP contribution >= 0.6 is 0 Å². The predicted octanol–water partition coefficient (Wildman–Crippen LogP) is 2.33. The van der Waals surface area contributed by atoms with Gasteiger partial charge < -0.3 is 14.6 Å². The van der Waals surface area contributed by atoms with Crippen molar-refractivity contribution in [2.24, 2.45) is 0 Å². The zero-order chi connectivity index (χ0) is 17.2. The van der Waals surface area contributed by atoms with Gasteiger partial charge in [0, 0.05) is 32.3 Å². The van der Waals surface area contributed by atoms with Crippen LogP contribution in [-0.2, 0) is 0 Å². The monoisotopic (exact) mass is 337 g/mol. The average Bonchev–Trinajstić information content (AvgIpc) is 3.02. The fourth-order valence-electron chi connectivity index (χ4n) is 3.27. The first-order chi connectivity index (χ1) is 12.2. The van der Waals surface area contributed by atoms with Crippen LogP contribution in [0.4, 0.5) is 5.82 Å². The number of aryl methyl sites for hydroxylation is 1. The van der Waals surface area contributed by atoms with Crippen LogP contribution in [0.3, 0.4) is 0 Å². The number of carbonyl (C=O) groups is 1. The second-order valence-corrected chi connectivity index (χ2v) is 6.23. The molecule has 3 heterocycles. The van der Waals surface area contributed by atoms with Crippen molar-refractivity contribution in [3.05, 3.63) is 48.0 Å². The van der Waals surface area contributed by atoms with Gasteiger partial charge >= 0.3 is 0 Å². The SMILES string of the molecule is Cc1nc2c(C(=O)N[C@@H]3CCCN(c4cccnn4)C3)cccc2o1. The normalized spacial score (nSPS) is 17.6. The van der Waals surface area contributed by atoms with Crippen LogP contribution in [0.5, 0.6) is 0 Å². The molecule has 0 saturated carbocycles. The van der Waals surface area contributed by atoms with E-state index in [1.54, 1.807) is 19.2 Å². The van der Waals surface area contributed by atoms with Crippen molar-refractivity contribution in [3.63, 3.8) is 0 Å². The summed E-state index contributed by atoms with van der Waals surface area (Å²) in [6.07, 6.45) is 3.60. The molecule has 1 fully saturated rings. The zero-order valence-electron chi connectivity index (χ0n) is 14.0. The Morgan fingerprint density at radius 2 is 2.24 bits per heavy atom. The third-order valence-electron chi connectivity index (χ3n) is 4.41. The standard InChI is InChI=1S/C18H19N5O2/c1-12-20-17-14(6-2-7-15(17)25-12)18(24)21-13-5-4-10-23(11-13)16-8-3-9-19-22-16/h2-3,6-9,13H,4-5,10-11H2,1H3,(H,21,24)/t13-/m1/s1. The molecule has 1 aliphatic heterocycles. The van der Waals surface area contributed by atoms with Crippen molar-refractivity contribution in [3.8, 4) is 0 Å². The molecule has 1 aromatic carbocycles. The highest BCUT2D eigenvalue weighted by Crippen LogP contribution is 2.21. The summed E-state index contributed by atoms with van der Waals surface area (Å²) < 4.78 is 5.51. The average molecular weight is 337 g/mol. The fourth-order valence-corrected chi connectivity index (χ4v) is 3.27. The first kappa shape index (κ1) is 15.6. The number of hydrogen-bond acceptors (Lipinski definition) is 6. The summed E-state index contributed by atoms with van der Waals surface area (Å²) in [6, 6.07) is 9.29. The number of amides is 1. The zero-order valence-corrected chi connectivity index (χ0v) is 14.0. The molecule has 128 valence electrons. The van der Waals surface area contributed by atoms with Gasteiger partial charge in [0.2, 0.25) is 0 Å². The molecule has 1 saturated heterocycles. The van der Waals surface area contributed by atoms with E-state index in [-0.39, 0.29) is 11.9 Å². The molecule has 0 aliphatic carbocycles. The van der Waals surface area contributed by atoms with Crippen LogP contribution in [-0.4, -0.2) is 40.2 Å². The molecule has 1 amide bonds. The molecular weight excluding hydrogens is 318 g/mol. The minimum absolute atomic E-state index is 0.0616. The van der Waals surface area contributed by atoms with Crippen LogP contribution in [0, 0.1) is 6.92 Å². The van der Waals surface area contributed by atoms with E-state index >= 15 is 0 Å². The molecule has 2 aromatic heterocycles. The maximum absolute atomic E-state index is 12.7. The number of carbonyl (C=O) groups excluding carboxylic acids is 1. The Bertz CT molecular complexity index is 893. The lowest BCUT2D eigenvalue weighted by molar-refractivity contribution is 0.0934. The number of para-hydroxylation sites is 1. The molecule has 0 unspecified atom stereocenters. The summed E-state index contributed by atoms with van der Waals surface area (Å²) in [6.45, 7) is 3.42. The summed E-state index contributed by atoms with van der Waals surface area (Å²) in [4.78, 5) is 19.2. The largest absolute Gasteiger partial charge is 0.441 e. The highest BCUT2D eigenvalue weighted by Gasteiger charge is 2.24. The molecule has 7 nitrogen and oxygen atoms in total. The van der Waals surface area contributed by atoms with Crippen molar-refractivity contribution >= 4 is 22.8 Å². The lowest BCUT2D eigenvalue weighted by Crippen LogP contribution is -2.48. The van der Waals surface area contributed by atoms with Crippen LogP contribution in [0.25, 0.3) is 11.1 Å². The first-order valence-corrected chi connectivity index (χ1v) is 8.40. The molecule has 1 aliphatic rings. The van der Waals surface area contributed by atoms with Crippen LogP contribution in [0.1, 0.15) is 29.1 Å². The number of aromatic nitrogens is 3. The van der Waals surface area contributed by atoms with E-state index in [0.717, 1.165) is 31.7 Å². The Hall–Kier alpha value is -2.96. The van der Waals surface area contributed by atoms with Gasteiger partial charge in [0.25, 0.3) is 5.91 Å². The molecule has 25 heavy (non-hydrogen) atoms. The number of nitrogens with zero attached hydrogens (tertiary/aromatic N) is 4. The second-order valence-electron chi connectivity index (χ2n) is 6.23. The number of fused-ring (bicyclic) bond motifs is 1. The van der Waals surface area contributed by atoms with Gasteiger partial charge in [-0.1, -0.05) is 6.07 Å². The number of hydrogen-bond donors (Lipinski definition) is 1. The number of piperidine rings is 1. The maximum Gasteiger partial charge on any atom is 0.253 e. The Labute approximate surface area is 145 Å². The van der Waals surface area contributed by atoms with E-state index in [2.05, 4.69) is 25.4 Å². The Morgan fingerprint density at radius 3 is 3.08 bits per heavy atom. The molecule has 4 rings (SSSR count). The van der Waals surface area contributed by atoms with E-state index in [9.17, 15) is 4.79 Å². The maximum atomic E-state index is 12.7. The van der Waals surface area contributed by atoms with Gasteiger partial charge in [0.15, 0.2) is 17.3 Å². The van der Waals surface area contributed by atoms with Crippen molar-refractivity contribution in [2.45, 2.75) is 25.8 Å². The first-order valence-electron chi connectivity index (χ1n) is 8.40. The lowest BCUT2D eigenvalue weighted by atomic mass is 10.0. The highest BCUT2D eigenvalue weighted by atomic mass is 16.3. The van der Waals surface area contributed by atoms with E-state index in [0.29, 0.717) is 22.6 Å². The van der Waals surface area contributed by atoms with Crippen LogP contribution < -0.4 is 10.2 Å². The molecule has 0 bridgehead atoms. The van der Waals surface area contributed by atoms with Crippen LogP contribution in [0.2, 0.25) is 0 Å². The third-order valence-corrected chi connectivity index (χ3v) is 4.41. The van der Waals surface area contributed by atoms with Crippen molar-refractivity contribution in [2.75, 3.05) is 18.0 Å². The minimum atomic E-state index is -0.120. The van der Waals surface area contributed by atoms with Gasteiger partial charge in [-0.05, 0) is 37.1 Å². The molecule has 3 aromatic rings. The van der Waals surface area contributed by atoms with Crippen LogP contribution in [0.15, 0.2) is 40.9 Å². The molecule has 1 N–H and O–H groups in total. The quantitative estimate of drug-likeness (QED) is 0.789. The molecule has 0 radical (unpaired) electrons. The summed E-state index contributed by atoms with van der Waals surface area (Å²) >= 11 is 0. The lowest BCUT2D eigenvalue weighted by Gasteiger charge is -2.33. The third kappa shape index (κ3) is 3.17. The number of nitrogens with one attached hydrogen (secondary N) is 1. The molecule has 0 spiro atoms. The smallest absolute Gasteiger partial charge is 0.253 e. The topological polar surface area (TPSA) is 84.2 Å². The number of benzene rings is 1. The second kappa shape index (κ2) is 6.51. The van der Waals surface area contributed by atoms with Crippen molar-refractivity contribution in [1.82, 2.24) is 20.5 Å². The van der Waals surface area contributed by atoms with Gasteiger partial charge in [-0.2, -0.15) is 5.10 Å². The van der Waals surface area contributed by atoms with Gasteiger partial charge in [-0.3, -0.25) is 4.79 Å². The van der Waals surface area contributed by atoms with Crippen molar-refractivity contribution < 1.29 is 9.21 Å². The van der Waals surface area contributed by atoms with E-state index in [1.807, 2.05) is 24.3 Å². The molecule has 1 atom stereocenters. The minimum Gasteiger partial charge on any atom is -0.441 e. The van der Waals surface area contributed by atoms with Gasteiger partial charge in [0.1, 0.15) is 5.52 Å². The summed E-state index contributed by atoms with van der Waals surface area (Å²) in [7, 11) is 0. The predicted molar refractivity (Wildman–Crippen MR) is 93.5 cm³/mol. The Morgan fingerprint density at radius 1 is 1.32 bits per heavy atom. The van der Waals surface area contributed by atoms with E-state index in [1.165, 1.54) is 0 Å². The summed E-state index contributed by atoms with van der Waals surface area (Å²) in [5.41, 5.74) is 1.79. The van der Waals surface area contributed by atoms with Crippen molar-refractivity contribution in [1.29, 1.82) is 0 Å².